The Labute approximate surface area is 477 Å². The highest BCUT2D eigenvalue weighted by atomic mass is 31.2. The van der Waals surface area contributed by atoms with Gasteiger partial charge in [0.25, 0.3) is 0 Å². The van der Waals surface area contributed by atoms with Crippen LogP contribution in [0.2, 0.25) is 0 Å². The first-order valence-corrected chi connectivity index (χ1v) is 34.0. The third-order valence-electron chi connectivity index (χ3n) is 14.4. The van der Waals surface area contributed by atoms with Crippen molar-refractivity contribution in [3.05, 3.63) is 85.1 Å². The molecule has 9 heteroatoms. The number of phosphoric ester groups is 1. The van der Waals surface area contributed by atoms with Gasteiger partial charge in [-0.3, -0.25) is 13.8 Å². The van der Waals surface area contributed by atoms with Gasteiger partial charge in [0.2, 0.25) is 5.91 Å². The van der Waals surface area contributed by atoms with Crippen molar-refractivity contribution in [2.45, 2.75) is 302 Å². The zero-order chi connectivity index (χ0) is 56.3. The molecule has 0 radical (unpaired) electrons. The molecule has 0 aliphatic heterocycles. The molecule has 0 saturated heterocycles. The molecule has 0 aromatic rings. The van der Waals surface area contributed by atoms with Gasteiger partial charge in [-0.2, -0.15) is 0 Å². The van der Waals surface area contributed by atoms with Crippen molar-refractivity contribution in [3.63, 3.8) is 0 Å². The van der Waals surface area contributed by atoms with E-state index in [0.29, 0.717) is 17.4 Å². The van der Waals surface area contributed by atoms with E-state index in [0.717, 1.165) is 77.0 Å². The van der Waals surface area contributed by atoms with E-state index in [-0.39, 0.29) is 19.1 Å². The average Bonchev–Trinajstić information content (AvgIpc) is 3.39. The van der Waals surface area contributed by atoms with Crippen LogP contribution in [-0.2, 0) is 18.4 Å². The molecule has 0 rings (SSSR count). The summed E-state index contributed by atoms with van der Waals surface area (Å²) in [6, 6.07) is -0.853. The Morgan fingerprint density at radius 1 is 0.455 bits per heavy atom. The van der Waals surface area contributed by atoms with Gasteiger partial charge >= 0.3 is 7.82 Å². The standard InChI is InChI=1S/C68H125N2O6P/c1-6-8-10-12-14-16-18-20-22-24-26-28-30-32-33-34-35-36-37-38-40-42-44-46-48-50-52-54-56-58-60-62-68(72)69-66(65-76-77(73,74)75-64-63-70(3,4)5)67(71)61-59-57-55-53-51-49-47-45-43-41-39-31-29-27-25-23-21-19-17-15-13-11-9-7-2/h8,10,14,16,20,22,26,28,32-33,35-36,59,61,66-67,71H,6-7,9,11-13,15,17-19,21,23-25,27,29-31,34,37-58,60,62-65H2,1-5H3,(H-,69,72,73,74)/p+1/b10-8-,16-14-,22-20-,28-26-,33-32-,36-35-,61-59+. The van der Waals surface area contributed by atoms with Crippen LogP contribution in [0.5, 0.6) is 0 Å². The molecular formula is C68H126N2O6P+. The summed E-state index contributed by atoms with van der Waals surface area (Å²) in [7, 11) is 1.57. The van der Waals surface area contributed by atoms with Crippen LogP contribution in [-0.4, -0.2) is 73.4 Å². The molecule has 0 heterocycles. The number of unbranched alkanes of at least 4 members (excludes halogenated alkanes) is 34. The fraction of sp³-hybridized carbons (Fsp3) is 0.779. The van der Waals surface area contributed by atoms with E-state index < -0.39 is 20.0 Å². The SMILES string of the molecule is CC/C=C\C/C=C\C/C=C\C/C=C\C/C=C\C/C=C\CCCCCCCCCCCCCCC(=O)NC(COP(=O)(O)OCC[N+](C)(C)C)C(O)/C=C/CCCCCCCCCCCCCCCCCCCCCCCC. The first kappa shape index (κ1) is 74.7. The maximum absolute atomic E-state index is 13.0. The Morgan fingerprint density at radius 3 is 1.14 bits per heavy atom. The topological polar surface area (TPSA) is 105 Å². The average molecular weight is 1100 g/mol. The number of carbonyl (C=O) groups is 1. The minimum absolute atomic E-state index is 0.0587. The molecule has 0 aliphatic carbocycles. The molecule has 3 atom stereocenters. The molecule has 0 saturated carbocycles. The Kier molecular flexibility index (Phi) is 56.6. The van der Waals surface area contributed by atoms with Crippen molar-refractivity contribution in [1.29, 1.82) is 0 Å². The van der Waals surface area contributed by atoms with E-state index in [1.807, 2.05) is 27.2 Å². The van der Waals surface area contributed by atoms with Crippen LogP contribution in [0, 0.1) is 0 Å². The van der Waals surface area contributed by atoms with Crippen LogP contribution in [0.4, 0.5) is 0 Å². The van der Waals surface area contributed by atoms with E-state index >= 15 is 0 Å². The number of likely N-dealkylation sites (N-methyl/N-ethyl adjacent to an activating group) is 1. The van der Waals surface area contributed by atoms with Crippen LogP contribution >= 0.6 is 7.82 Å². The lowest BCUT2D eigenvalue weighted by Crippen LogP contribution is -2.45. The quantitative estimate of drug-likeness (QED) is 0.0243. The second-order valence-corrected chi connectivity index (χ2v) is 24.6. The summed E-state index contributed by atoms with van der Waals surface area (Å²) in [5, 5.41) is 14.0. The number of aliphatic hydroxyl groups excluding tert-OH is 1. The van der Waals surface area contributed by atoms with Gasteiger partial charge in [0.15, 0.2) is 0 Å². The van der Waals surface area contributed by atoms with Gasteiger partial charge in [-0.15, -0.1) is 0 Å². The molecule has 0 aromatic carbocycles. The monoisotopic (exact) mass is 1100 g/mol. The molecule has 8 nitrogen and oxygen atoms in total. The number of quaternary nitrogens is 1. The van der Waals surface area contributed by atoms with Crippen molar-refractivity contribution in [2.24, 2.45) is 0 Å². The molecule has 0 aromatic heterocycles. The number of rotatable bonds is 59. The van der Waals surface area contributed by atoms with E-state index in [2.05, 4.69) is 92.1 Å². The third kappa shape index (κ3) is 61.2. The minimum Gasteiger partial charge on any atom is -0.387 e. The number of hydrogen-bond donors (Lipinski definition) is 3. The van der Waals surface area contributed by atoms with Crippen LogP contribution < -0.4 is 5.32 Å². The van der Waals surface area contributed by atoms with E-state index in [1.165, 1.54) is 193 Å². The number of nitrogens with zero attached hydrogens (tertiary/aromatic N) is 1. The number of carbonyl (C=O) groups excluding carboxylic acids is 1. The van der Waals surface area contributed by atoms with Gasteiger partial charge in [0.1, 0.15) is 13.2 Å². The highest BCUT2D eigenvalue weighted by Crippen LogP contribution is 2.43. The van der Waals surface area contributed by atoms with E-state index in [9.17, 15) is 19.4 Å². The number of aliphatic hydroxyl groups is 1. The smallest absolute Gasteiger partial charge is 0.387 e. The van der Waals surface area contributed by atoms with Crippen LogP contribution in [0.3, 0.4) is 0 Å². The molecule has 77 heavy (non-hydrogen) atoms. The third-order valence-corrected chi connectivity index (χ3v) is 15.4. The van der Waals surface area contributed by atoms with Crippen molar-refractivity contribution in [1.82, 2.24) is 5.32 Å². The summed E-state index contributed by atoms with van der Waals surface area (Å²) in [5.74, 6) is -0.179. The Hall–Kier alpha value is -2.32. The second-order valence-electron chi connectivity index (χ2n) is 23.1. The Bertz CT molecular complexity index is 1530. The molecular weight excluding hydrogens is 972 g/mol. The highest BCUT2D eigenvalue weighted by molar-refractivity contribution is 7.47. The maximum atomic E-state index is 13.0. The maximum Gasteiger partial charge on any atom is 0.472 e. The van der Waals surface area contributed by atoms with E-state index in [1.54, 1.807) is 6.08 Å². The van der Waals surface area contributed by atoms with Crippen LogP contribution in [0.25, 0.3) is 0 Å². The van der Waals surface area contributed by atoms with Gasteiger partial charge in [-0.25, -0.2) is 4.57 Å². The minimum atomic E-state index is -4.36. The Balaban J connectivity index is 4.15. The molecule has 0 bridgehead atoms. The molecule has 0 aliphatic rings. The van der Waals surface area contributed by atoms with Crippen LogP contribution in [0.15, 0.2) is 85.1 Å². The second kappa shape index (κ2) is 58.3. The zero-order valence-electron chi connectivity index (χ0n) is 51.2. The van der Waals surface area contributed by atoms with Gasteiger partial charge in [-0.1, -0.05) is 298 Å². The largest absolute Gasteiger partial charge is 0.472 e. The molecule has 0 fully saturated rings. The van der Waals surface area contributed by atoms with Gasteiger partial charge in [0, 0.05) is 6.42 Å². The van der Waals surface area contributed by atoms with Crippen molar-refractivity contribution >= 4 is 13.7 Å². The van der Waals surface area contributed by atoms with Crippen molar-refractivity contribution in [2.75, 3.05) is 40.9 Å². The predicted molar refractivity (Wildman–Crippen MR) is 336 cm³/mol. The molecule has 1 amide bonds. The van der Waals surface area contributed by atoms with Gasteiger partial charge in [0.05, 0.1) is 39.9 Å². The Morgan fingerprint density at radius 2 is 0.779 bits per heavy atom. The molecule has 0 spiro atoms. The summed E-state index contributed by atoms with van der Waals surface area (Å²) in [6.07, 6.45) is 82.7. The molecule has 448 valence electrons. The van der Waals surface area contributed by atoms with E-state index in [4.69, 9.17) is 9.05 Å². The van der Waals surface area contributed by atoms with Gasteiger partial charge in [-0.05, 0) is 70.6 Å². The predicted octanol–water partition coefficient (Wildman–Crippen LogP) is 20.4. The van der Waals surface area contributed by atoms with Gasteiger partial charge < -0.3 is 19.8 Å². The summed E-state index contributed by atoms with van der Waals surface area (Å²) in [6.45, 7) is 4.73. The van der Waals surface area contributed by atoms with Crippen molar-refractivity contribution in [3.8, 4) is 0 Å². The normalized spacial score (nSPS) is 14.3. The molecule has 3 unspecified atom stereocenters. The lowest BCUT2D eigenvalue weighted by atomic mass is 10.0. The highest BCUT2D eigenvalue weighted by Gasteiger charge is 2.28. The summed E-state index contributed by atoms with van der Waals surface area (Å²) < 4.78 is 23.8. The van der Waals surface area contributed by atoms with Crippen LogP contribution in [0.1, 0.15) is 290 Å². The number of phosphoric acid groups is 1. The number of nitrogens with one attached hydrogen (secondary N) is 1. The number of amides is 1. The zero-order valence-corrected chi connectivity index (χ0v) is 52.1. The first-order chi connectivity index (χ1) is 37.5. The van der Waals surface area contributed by atoms with Crippen molar-refractivity contribution < 1.29 is 32.9 Å². The summed E-state index contributed by atoms with van der Waals surface area (Å²) >= 11 is 0. The number of hydrogen-bond acceptors (Lipinski definition) is 5. The summed E-state index contributed by atoms with van der Waals surface area (Å²) in [4.78, 5) is 23.4. The first-order valence-electron chi connectivity index (χ1n) is 32.5. The lowest BCUT2D eigenvalue weighted by Gasteiger charge is -2.25. The number of allylic oxidation sites excluding steroid dienone is 13. The molecule has 3 N–H and O–H groups in total. The summed E-state index contributed by atoms with van der Waals surface area (Å²) in [5.41, 5.74) is 0. The fourth-order valence-corrected chi connectivity index (χ4v) is 10.1. The lowest BCUT2D eigenvalue weighted by molar-refractivity contribution is -0.870. The fourth-order valence-electron chi connectivity index (χ4n) is 9.34.